The van der Waals surface area contributed by atoms with E-state index in [-0.39, 0.29) is 5.91 Å². The molecule has 1 amide bonds. The van der Waals surface area contributed by atoms with Crippen LogP contribution >= 0.6 is 0 Å². The van der Waals surface area contributed by atoms with Crippen molar-refractivity contribution in [3.05, 3.63) is 48.6 Å². The van der Waals surface area contributed by atoms with E-state index in [2.05, 4.69) is 5.32 Å². The molecule has 0 atom stereocenters. The number of carbonyl (C=O) groups excluding carboxylic acids is 1. The number of carbonyl (C=O) groups is 1. The van der Waals surface area contributed by atoms with E-state index in [4.69, 9.17) is 4.74 Å². The summed E-state index contributed by atoms with van der Waals surface area (Å²) in [5.74, 6) is 0.470. The van der Waals surface area contributed by atoms with E-state index in [1.165, 1.54) is 6.08 Å². The van der Waals surface area contributed by atoms with Gasteiger partial charge in [0.2, 0.25) is 5.91 Å². The Morgan fingerprint density at radius 3 is 2.75 bits per heavy atom. The van der Waals surface area contributed by atoms with E-state index >= 15 is 0 Å². The van der Waals surface area contributed by atoms with E-state index < -0.39 is 0 Å². The van der Waals surface area contributed by atoms with Crippen molar-refractivity contribution in [2.24, 2.45) is 0 Å². The van der Waals surface area contributed by atoms with Crippen molar-refractivity contribution in [2.45, 2.75) is 6.92 Å². The number of amides is 1. The number of hydrogen-bond acceptors (Lipinski definition) is 2. The summed E-state index contributed by atoms with van der Waals surface area (Å²) < 4.78 is 5.12. The molecule has 3 nitrogen and oxygen atoms in total. The maximum Gasteiger partial charge on any atom is 0.248 e. The van der Waals surface area contributed by atoms with Gasteiger partial charge in [0.25, 0.3) is 0 Å². The number of allylic oxidation sites excluding steroid dienone is 3. The van der Waals surface area contributed by atoms with Gasteiger partial charge in [-0.2, -0.15) is 0 Å². The van der Waals surface area contributed by atoms with Crippen LogP contribution in [0.4, 0.5) is 5.69 Å². The highest BCUT2D eigenvalue weighted by atomic mass is 16.5. The van der Waals surface area contributed by atoms with Crippen LogP contribution in [0.3, 0.4) is 0 Å². The molecule has 3 heteroatoms. The van der Waals surface area contributed by atoms with Crippen LogP contribution in [-0.2, 0) is 4.79 Å². The highest BCUT2D eigenvalue weighted by molar-refractivity contribution is 6.00. The second kappa shape index (κ2) is 6.45. The first-order valence-corrected chi connectivity index (χ1v) is 5.01. The molecular weight excluding hydrogens is 202 g/mol. The highest BCUT2D eigenvalue weighted by Gasteiger charge is 2.02. The highest BCUT2D eigenvalue weighted by Crippen LogP contribution is 2.22. The molecule has 0 spiro atoms. The van der Waals surface area contributed by atoms with Gasteiger partial charge in [0.1, 0.15) is 5.75 Å². The molecule has 0 fully saturated rings. The lowest BCUT2D eigenvalue weighted by molar-refractivity contribution is -0.111. The predicted molar refractivity (Wildman–Crippen MR) is 65.6 cm³/mol. The molecule has 1 N–H and O–H groups in total. The summed E-state index contributed by atoms with van der Waals surface area (Å²) in [4.78, 5) is 11.5. The molecule has 84 valence electrons. The SMILES string of the molecule is CC=CC=CC(=O)Nc1ccccc1OC. The molecule has 0 aliphatic carbocycles. The second-order valence-corrected chi connectivity index (χ2v) is 3.07. The molecular formula is C13H15NO2. The van der Waals surface area contributed by atoms with Crippen molar-refractivity contribution in [2.75, 3.05) is 12.4 Å². The number of anilines is 1. The van der Waals surface area contributed by atoms with Crippen molar-refractivity contribution in [1.82, 2.24) is 0 Å². The molecule has 0 radical (unpaired) electrons. The maximum absolute atomic E-state index is 11.5. The average Bonchev–Trinajstić information content (AvgIpc) is 2.30. The van der Waals surface area contributed by atoms with Crippen LogP contribution < -0.4 is 10.1 Å². The van der Waals surface area contributed by atoms with Crippen LogP contribution in [0, 0.1) is 0 Å². The summed E-state index contributed by atoms with van der Waals surface area (Å²) in [6, 6.07) is 7.28. The summed E-state index contributed by atoms with van der Waals surface area (Å²) in [7, 11) is 1.57. The number of hydrogen-bond donors (Lipinski definition) is 1. The minimum atomic E-state index is -0.178. The molecule has 0 saturated heterocycles. The summed E-state index contributed by atoms with van der Waals surface area (Å²) in [5.41, 5.74) is 0.667. The zero-order chi connectivity index (χ0) is 11.8. The lowest BCUT2D eigenvalue weighted by Crippen LogP contribution is -2.08. The zero-order valence-corrected chi connectivity index (χ0v) is 9.44. The van der Waals surface area contributed by atoms with E-state index in [1.54, 1.807) is 31.4 Å². The number of methoxy groups -OCH3 is 1. The van der Waals surface area contributed by atoms with Gasteiger partial charge < -0.3 is 10.1 Å². The Morgan fingerprint density at radius 1 is 1.31 bits per heavy atom. The number of ether oxygens (including phenoxy) is 1. The van der Waals surface area contributed by atoms with Crippen molar-refractivity contribution in [3.63, 3.8) is 0 Å². The third kappa shape index (κ3) is 3.61. The monoisotopic (exact) mass is 217 g/mol. The predicted octanol–water partition coefficient (Wildman–Crippen LogP) is 2.77. The molecule has 1 rings (SSSR count). The van der Waals surface area contributed by atoms with Crippen molar-refractivity contribution in [3.8, 4) is 5.75 Å². The van der Waals surface area contributed by atoms with Gasteiger partial charge in [-0.25, -0.2) is 0 Å². The molecule has 16 heavy (non-hydrogen) atoms. The van der Waals surface area contributed by atoms with Crippen molar-refractivity contribution >= 4 is 11.6 Å². The summed E-state index contributed by atoms with van der Waals surface area (Å²) in [6.45, 7) is 1.89. The summed E-state index contributed by atoms with van der Waals surface area (Å²) in [6.07, 6.45) is 6.80. The minimum Gasteiger partial charge on any atom is -0.495 e. The topological polar surface area (TPSA) is 38.3 Å². The molecule has 0 aliphatic rings. The average molecular weight is 217 g/mol. The van der Waals surface area contributed by atoms with Gasteiger partial charge in [0.15, 0.2) is 0 Å². The van der Waals surface area contributed by atoms with E-state index in [9.17, 15) is 4.79 Å². The lowest BCUT2D eigenvalue weighted by atomic mass is 10.3. The van der Waals surface area contributed by atoms with Gasteiger partial charge >= 0.3 is 0 Å². The fraction of sp³-hybridized carbons (Fsp3) is 0.154. The van der Waals surface area contributed by atoms with Gasteiger partial charge in [-0.1, -0.05) is 30.4 Å². The Morgan fingerprint density at radius 2 is 2.06 bits per heavy atom. The molecule has 0 saturated carbocycles. The zero-order valence-electron chi connectivity index (χ0n) is 9.44. The van der Waals surface area contributed by atoms with Crippen molar-refractivity contribution < 1.29 is 9.53 Å². The van der Waals surface area contributed by atoms with Crippen LogP contribution in [0.15, 0.2) is 48.6 Å². The van der Waals surface area contributed by atoms with E-state index in [1.807, 2.05) is 25.1 Å². The fourth-order valence-electron chi connectivity index (χ4n) is 1.18. The van der Waals surface area contributed by atoms with Gasteiger partial charge in [-0.3, -0.25) is 4.79 Å². The van der Waals surface area contributed by atoms with Gasteiger partial charge in [-0.15, -0.1) is 0 Å². The third-order valence-corrected chi connectivity index (χ3v) is 1.92. The first-order chi connectivity index (χ1) is 7.77. The number of nitrogens with one attached hydrogen (secondary N) is 1. The Labute approximate surface area is 95.4 Å². The van der Waals surface area contributed by atoms with E-state index in [0.717, 1.165) is 0 Å². The molecule has 0 bridgehead atoms. The molecule has 0 aromatic heterocycles. The van der Waals surface area contributed by atoms with Crippen LogP contribution in [0.1, 0.15) is 6.92 Å². The standard InChI is InChI=1S/C13H15NO2/c1-3-4-5-10-13(15)14-11-8-6-7-9-12(11)16-2/h3-10H,1-2H3,(H,14,15). The van der Waals surface area contributed by atoms with Gasteiger partial charge in [-0.05, 0) is 19.1 Å². The lowest BCUT2D eigenvalue weighted by Gasteiger charge is -2.07. The number of para-hydroxylation sites is 2. The Kier molecular flexibility index (Phi) is 4.86. The van der Waals surface area contributed by atoms with Gasteiger partial charge in [0, 0.05) is 6.08 Å². The largest absolute Gasteiger partial charge is 0.495 e. The molecule has 1 aromatic rings. The first kappa shape index (κ1) is 12.0. The summed E-state index contributed by atoms with van der Waals surface area (Å²) in [5, 5.41) is 2.74. The molecule has 0 heterocycles. The summed E-state index contributed by atoms with van der Waals surface area (Å²) >= 11 is 0. The third-order valence-electron chi connectivity index (χ3n) is 1.92. The Bertz CT molecular complexity index is 408. The van der Waals surface area contributed by atoms with Crippen LogP contribution in [-0.4, -0.2) is 13.0 Å². The smallest absolute Gasteiger partial charge is 0.248 e. The molecule has 0 aliphatic heterocycles. The second-order valence-electron chi connectivity index (χ2n) is 3.07. The van der Waals surface area contributed by atoms with Crippen LogP contribution in [0.5, 0.6) is 5.75 Å². The maximum atomic E-state index is 11.5. The van der Waals surface area contributed by atoms with E-state index in [0.29, 0.717) is 11.4 Å². The normalized spacial score (nSPS) is 10.9. The van der Waals surface area contributed by atoms with Crippen LogP contribution in [0.25, 0.3) is 0 Å². The van der Waals surface area contributed by atoms with Crippen LogP contribution in [0.2, 0.25) is 0 Å². The number of rotatable bonds is 4. The Balaban J connectivity index is 2.69. The minimum absolute atomic E-state index is 0.178. The first-order valence-electron chi connectivity index (χ1n) is 5.01. The molecule has 1 aromatic carbocycles. The van der Waals surface area contributed by atoms with Gasteiger partial charge in [0.05, 0.1) is 12.8 Å². The van der Waals surface area contributed by atoms with Crippen molar-refractivity contribution in [1.29, 1.82) is 0 Å². The molecule has 0 unspecified atom stereocenters. The fourth-order valence-corrected chi connectivity index (χ4v) is 1.18. The Hall–Kier alpha value is -2.03. The quantitative estimate of drug-likeness (QED) is 0.622. The number of benzene rings is 1.